The van der Waals surface area contributed by atoms with Crippen molar-refractivity contribution in [2.75, 3.05) is 31.2 Å². The first-order valence-corrected chi connectivity index (χ1v) is 8.33. The van der Waals surface area contributed by atoms with Gasteiger partial charge in [-0.05, 0) is 32.6 Å². The van der Waals surface area contributed by atoms with Crippen molar-refractivity contribution >= 4 is 11.7 Å². The number of aromatic nitrogens is 2. The van der Waals surface area contributed by atoms with Gasteiger partial charge >= 0.3 is 0 Å². The minimum Gasteiger partial charge on any atom is -0.377 e. The van der Waals surface area contributed by atoms with Crippen LogP contribution in [0.4, 0.5) is 5.82 Å². The first-order chi connectivity index (χ1) is 10.6. The maximum atomic E-state index is 12.3. The SMILES string of the molecule is C[C@@H]1COCCN1c1cc2n(n1)[C@](C)(C1CCC1)CNC2=O. The monoisotopic (exact) mass is 304 g/mol. The van der Waals surface area contributed by atoms with Gasteiger partial charge in [-0.1, -0.05) is 6.42 Å². The maximum Gasteiger partial charge on any atom is 0.269 e. The van der Waals surface area contributed by atoms with Crippen LogP contribution in [0.1, 0.15) is 43.6 Å². The molecule has 3 aliphatic rings. The molecule has 2 atom stereocenters. The standard InChI is InChI=1S/C16H24N4O2/c1-11-9-22-7-6-19(11)14-8-13-15(21)17-10-16(2,20(13)18-14)12-4-3-5-12/h8,11-12H,3-7,9-10H2,1-2H3,(H,17,21)/t11-,16+/m1/s1. The first-order valence-electron chi connectivity index (χ1n) is 8.33. The molecule has 6 heteroatoms. The van der Waals surface area contributed by atoms with Crippen LogP contribution in [0.2, 0.25) is 0 Å². The normalized spacial score (nSPS) is 32.4. The van der Waals surface area contributed by atoms with Gasteiger partial charge in [-0.25, -0.2) is 4.68 Å². The Hall–Kier alpha value is -1.56. The van der Waals surface area contributed by atoms with Crippen molar-refractivity contribution in [2.24, 2.45) is 5.92 Å². The minimum absolute atomic E-state index is 0.00328. The number of rotatable bonds is 2. The number of carbonyl (C=O) groups excluding carboxylic acids is 1. The lowest BCUT2D eigenvalue weighted by molar-refractivity contribution is 0.0622. The Morgan fingerprint density at radius 1 is 1.45 bits per heavy atom. The zero-order chi connectivity index (χ0) is 15.3. The molecule has 1 amide bonds. The van der Waals surface area contributed by atoms with Crippen LogP contribution in [0.3, 0.4) is 0 Å². The van der Waals surface area contributed by atoms with E-state index in [0.29, 0.717) is 30.8 Å². The van der Waals surface area contributed by atoms with E-state index in [1.54, 1.807) is 0 Å². The summed E-state index contributed by atoms with van der Waals surface area (Å²) in [4.78, 5) is 14.5. The van der Waals surface area contributed by atoms with Crippen LogP contribution in [-0.4, -0.2) is 48.0 Å². The zero-order valence-electron chi connectivity index (χ0n) is 13.3. The second-order valence-electron chi connectivity index (χ2n) is 7.08. The van der Waals surface area contributed by atoms with Gasteiger partial charge in [0, 0.05) is 19.2 Å². The molecule has 1 aromatic rings. The molecule has 3 heterocycles. The summed E-state index contributed by atoms with van der Waals surface area (Å²) in [5.74, 6) is 1.52. The highest BCUT2D eigenvalue weighted by molar-refractivity contribution is 5.94. The summed E-state index contributed by atoms with van der Waals surface area (Å²) >= 11 is 0. The molecule has 0 radical (unpaired) electrons. The summed E-state index contributed by atoms with van der Waals surface area (Å²) in [6.45, 7) is 7.33. The van der Waals surface area contributed by atoms with E-state index in [-0.39, 0.29) is 11.4 Å². The van der Waals surface area contributed by atoms with E-state index >= 15 is 0 Å². The molecule has 0 aromatic carbocycles. The predicted octanol–water partition coefficient (Wildman–Crippen LogP) is 1.37. The highest BCUT2D eigenvalue weighted by atomic mass is 16.5. The van der Waals surface area contributed by atoms with Crippen molar-refractivity contribution in [3.8, 4) is 0 Å². The number of hydrogen-bond donors (Lipinski definition) is 1. The summed E-state index contributed by atoms with van der Waals surface area (Å²) < 4.78 is 7.51. The van der Waals surface area contributed by atoms with Crippen molar-refractivity contribution < 1.29 is 9.53 Å². The highest BCUT2D eigenvalue weighted by Gasteiger charge is 2.45. The van der Waals surface area contributed by atoms with Crippen molar-refractivity contribution in [1.29, 1.82) is 0 Å². The topological polar surface area (TPSA) is 59.4 Å². The van der Waals surface area contributed by atoms with Crippen LogP contribution in [0.5, 0.6) is 0 Å². The van der Waals surface area contributed by atoms with E-state index in [9.17, 15) is 4.79 Å². The molecule has 1 aromatic heterocycles. The Morgan fingerprint density at radius 2 is 2.27 bits per heavy atom. The predicted molar refractivity (Wildman–Crippen MR) is 83.2 cm³/mol. The quantitative estimate of drug-likeness (QED) is 0.896. The van der Waals surface area contributed by atoms with Gasteiger partial charge in [0.15, 0.2) is 5.82 Å². The molecule has 22 heavy (non-hydrogen) atoms. The van der Waals surface area contributed by atoms with Gasteiger partial charge in [-0.3, -0.25) is 4.79 Å². The van der Waals surface area contributed by atoms with Gasteiger partial charge < -0.3 is 15.0 Å². The van der Waals surface area contributed by atoms with Crippen molar-refractivity contribution in [1.82, 2.24) is 15.1 Å². The lowest BCUT2D eigenvalue weighted by atomic mass is 9.71. The van der Waals surface area contributed by atoms with Crippen LogP contribution >= 0.6 is 0 Å². The van der Waals surface area contributed by atoms with Crippen LogP contribution < -0.4 is 10.2 Å². The van der Waals surface area contributed by atoms with E-state index in [1.807, 2.05) is 10.7 Å². The van der Waals surface area contributed by atoms with E-state index in [4.69, 9.17) is 9.84 Å². The molecular weight excluding hydrogens is 280 g/mol. The van der Waals surface area contributed by atoms with Crippen LogP contribution in [0.25, 0.3) is 0 Å². The molecule has 0 bridgehead atoms. The Morgan fingerprint density at radius 3 is 2.95 bits per heavy atom. The molecule has 2 fully saturated rings. The van der Waals surface area contributed by atoms with Gasteiger partial charge in [0.25, 0.3) is 5.91 Å². The fourth-order valence-electron chi connectivity index (χ4n) is 3.90. The lowest BCUT2D eigenvalue weighted by Gasteiger charge is -2.45. The Labute approximate surface area is 130 Å². The van der Waals surface area contributed by atoms with Gasteiger partial charge in [-0.15, -0.1) is 0 Å². The number of hydrogen-bond acceptors (Lipinski definition) is 4. The summed E-state index contributed by atoms with van der Waals surface area (Å²) in [5.41, 5.74) is 0.615. The molecule has 2 aliphatic heterocycles. The first kappa shape index (κ1) is 14.1. The van der Waals surface area contributed by atoms with Gasteiger partial charge in [-0.2, -0.15) is 5.10 Å². The molecular formula is C16H24N4O2. The van der Waals surface area contributed by atoms with Gasteiger partial charge in [0.1, 0.15) is 5.69 Å². The lowest BCUT2D eigenvalue weighted by Crippen LogP contribution is -2.55. The number of ether oxygens (including phenoxy) is 1. The van der Waals surface area contributed by atoms with Crippen molar-refractivity contribution in [3.05, 3.63) is 11.8 Å². The molecule has 0 spiro atoms. The van der Waals surface area contributed by atoms with E-state index in [0.717, 1.165) is 19.0 Å². The van der Waals surface area contributed by atoms with E-state index < -0.39 is 0 Å². The fourth-order valence-corrected chi connectivity index (χ4v) is 3.90. The van der Waals surface area contributed by atoms with Gasteiger partial charge in [0.2, 0.25) is 0 Å². The molecule has 6 nitrogen and oxygen atoms in total. The van der Waals surface area contributed by atoms with E-state index in [1.165, 1.54) is 19.3 Å². The molecule has 1 aliphatic carbocycles. The average molecular weight is 304 g/mol. The summed E-state index contributed by atoms with van der Waals surface area (Å²) in [5, 5.41) is 7.92. The van der Waals surface area contributed by atoms with Crippen molar-refractivity contribution in [2.45, 2.75) is 44.7 Å². The molecule has 120 valence electrons. The Balaban J connectivity index is 1.72. The summed E-state index contributed by atoms with van der Waals surface area (Å²) in [6.07, 6.45) is 3.75. The third-order valence-electron chi connectivity index (χ3n) is 5.67. The Bertz CT molecular complexity index is 595. The summed E-state index contributed by atoms with van der Waals surface area (Å²) in [7, 11) is 0. The van der Waals surface area contributed by atoms with Crippen LogP contribution in [0, 0.1) is 5.92 Å². The van der Waals surface area contributed by atoms with Gasteiger partial charge in [0.05, 0.1) is 24.8 Å². The highest BCUT2D eigenvalue weighted by Crippen LogP contribution is 2.42. The molecule has 0 unspecified atom stereocenters. The smallest absolute Gasteiger partial charge is 0.269 e. The zero-order valence-corrected chi connectivity index (χ0v) is 13.3. The van der Waals surface area contributed by atoms with Crippen molar-refractivity contribution in [3.63, 3.8) is 0 Å². The number of carbonyl (C=O) groups is 1. The molecule has 1 saturated heterocycles. The molecule has 1 N–H and O–H groups in total. The third kappa shape index (κ3) is 1.96. The van der Waals surface area contributed by atoms with Crippen LogP contribution in [-0.2, 0) is 10.3 Å². The number of nitrogens with one attached hydrogen (secondary N) is 1. The summed E-state index contributed by atoms with van der Waals surface area (Å²) in [6, 6.07) is 2.25. The minimum atomic E-state index is -0.0880. The second kappa shape index (κ2) is 4.98. The number of nitrogens with zero attached hydrogens (tertiary/aromatic N) is 3. The number of fused-ring (bicyclic) bond motifs is 1. The fraction of sp³-hybridized carbons (Fsp3) is 0.750. The average Bonchev–Trinajstić information content (AvgIpc) is 2.88. The maximum absolute atomic E-state index is 12.3. The second-order valence-corrected chi connectivity index (χ2v) is 7.08. The molecule has 1 saturated carbocycles. The number of morpholine rings is 1. The number of amides is 1. The van der Waals surface area contributed by atoms with Crippen LogP contribution in [0.15, 0.2) is 6.07 Å². The largest absolute Gasteiger partial charge is 0.377 e. The molecule has 4 rings (SSSR count). The number of anilines is 1. The van der Waals surface area contributed by atoms with E-state index in [2.05, 4.69) is 24.1 Å². The third-order valence-corrected chi connectivity index (χ3v) is 5.67. The Kier molecular flexibility index (Phi) is 3.18.